The lowest BCUT2D eigenvalue weighted by atomic mass is 10.0. The molecule has 2 atom stereocenters. The van der Waals surface area contributed by atoms with Crippen LogP contribution >= 0.6 is 0 Å². The van der Waals surface area contributed by atoms with Crippen molar-refractivity contribution in [3.05, 3.63) is 83.7 Å². The number of methoxy groups -OCH3 is 1. The van der Waals surface area contributed by atoms with E-state index in [0.29, 0.717) is 55.3 Å². The first-order chi connectivity index (χ1) is 22.3. The Kier molecular flexibility index (Phi) is 9.20. The Bertz CT molecular complexity index is 1750. The number of carbonyl (C=O) groups excluding carboxylic acids is 3. The lowest BCUT2D eigenvalue weighted by Gasteiger charge is -2.39. The molecule has 46 heavy (non-hydrogen) atoms. The third kappa shape index (κ3) is 6.69. The zero-order valence-corrected chi connectivity index (χ0v) is 26.4. The maximum atomic E-state index is 13.6. The molecule has 3 heterocycles. The van der Waals surface area contributed by atoms with Gasteiger partial charge >= 0.3 is 0 Å². The van der Waals surface area contributed by atoms with Crippen molar-refractivity contribution in [1.82, 2.24) is 24.7 Å². The van der Waals surface area contributed by atoms with Gasteiger partial charge in [0.25, 0.3) is 5.91 Å². The van der Waals surface area contributed by atoms with E-state index in [1.165, 1.54) is 0 Å². The molecule has 0 radical (unpaired) electrons. The maximum Gasteiger partial charge on any atom is 0.254 e. The number of ether oxygens (including phenoxy) is 3. The van der Waals surface area contributed by atoms with Crippen LogP contribution in [-0.2, 0) is 27.5 Å². The van der Waals surface area contributed by atoms with Crippen LogP contribution in [-0.4, -0.2) is 82.5 Å². The number of aromatic nitrogens is 2. The normalized spacial score (nSPS) is 18.9. The summed E-state index contributed by atoms with van der Waals surface area (Å²) in [5.41, 5.74) is 3.02. The highest BCUT2D eigenvalue weighted by Crippen LogP contribution is 2.33. The van der Waals surface area contributed by atoms with Crippen molar-refractivity contribution in [2.24, 2.45) is 0 Å². The number of aryl methyl sites for hydroxylation is 1. The molecular weight excluding hydrogens is 586 g/mol. The van der Waals surface area contributed by atoms with Crippen LogP contribution < -0.4 is 14.8 Å². The highest BCUT2D eigenvalue weighted by Gasteiger charge is 2.34. The summed E-state index contributed by atoms with van der Waals surface area (Å²) in [4.78, 5) is 48.6. The van der Waals surface area contributed by atoms with Gasteiger partial charge in [0.2, 0.25) is 11.8 Å². The summed E-state index contributed by atoms with van der Waals surface area (Å²) in [5.74, 6) is 1.61. The topological polar surface area (TPSA) is 115 Å². The average Bonchev–Trinajstić information content (AvgIpc) is 3.37. The van der Waals surface area contributed by atoms with Crippen LogP contribution in [0.15, 0.2) is 66.7 Å². The molecule has 1 aromatic heterocycles. The quantitative estimate of drug-likeness (QED) is 0.352. The fourth-order valence-electron chi connectivity index (χ4n) is 6.16. The van der Waals surface area contributed by atoms with Gasteiger partial charge in [-0.05, 0) is 67.8 Å². The van der Waals surface area contributed by atoms with Crippen molar-refractivity contribution in [2.45, 2.75) is 52.0 Å². The second-order valence-electron chi connectivity index (χ2n) is 11.7. The Labute approximate surface area is 268 Å². The lowest BCUT2D eigenvalue weighted by Crippen LogP contribution is -2.57. The summed E-state index contributed by atoms with van der Waals surface area (Å²) in [6.07, 6.45) is 0.727. The first-order valence-electron chi connectivity index (χ1n) is 15.7. The number of carbonyl (C=O) groups is 3. The fraction of sp³-hybridized carbons (Fsp3) is 0.371. The molecule has 3 aromatic carbocycles. The molecule has 4 bridgehead atoms. The lowest BCUT2D eigenvalue weighted by molar-refractivity contribution is -0.138. The first-order valence-corrected chi connectivity index (χ1v) is 15.7. The molecular formula is C35H39N5O6. The zero-order chi connectivity index (χ0) is 32.2. The van der Waals surface area contributed by atoms with E-state index in [9.17, 15) is 14.4 Å². The molecule has 11 heteroatoms. The van der Waals surface area contributed by atoms with E-state index in [-0.39, 0.29) is 43.5 Å². The number of hydrogen-bond acceptors (Lipinski definition) is 7. The van der Waals surface area contributed by atoms with Crippen molar-refractivity contribution < 1.29 is 28.6 Å². The Balaban J connectivity index is 1.26. The second-order valence-corrected chi connectivity index (χ2v) is 11.7. The first kappa shape index (κ1) is 31.1. The molecule has 1 saturated heterocycles. The zero-order valence-electron chi connectivity index (χ0n) is 26.4. The van der Waals surface area contributed by atoms with E-state index in [1.807, 2.05) is 66.9 Å². The van der Waals surface area contributed by atoms with Crippen LogP contribution in [0.5, 0.6) is 17.2 Å². The van der Waals surface area contributed by atoms with E-state index >= 15 is 0 Å². The molecule has 4 aromatic rings. The highest BCUT2D eigenvalue weighted by molar-refractivity contribution is 5.97. The number of benzene rings is 3. The summed E-state index contributed by atoms with van der Waals surface area (Å²) in [6.45, 7) is 5.35. The van der Waals surface area contributed by atoms with E-state index < -0.39 is 6.10 Å². The van der Waals surface area contributed by atoms with Crippen LogP contribution in [0.1, 0.15) is 41.5 Å². The molecule has 11 nitrogen and oxygen atoms in total. The number of nitrogens with one attached hydrogen (secondary N) is 1. The van der Waals surface area contributed by atoms with Gasteiger partial charge in [-0.15, -0.1) is 0 Å². The number of nitrogens with zero attached hydrogens (tertiary/aromatic N) is 4. The second kappa shape index (κ2) is 13.6. The van der Waals surface area contributed by atoms with Gasteiger partial charge in [0, 0.05) is 25.2 Å². The SMILES string of the molecule is CCCN1CC(=O)N[C@H]2CCN(C(=O)Cn3c(C)nc4ccccc43)C[C@@H]2OCc2cccc(c2)Oc2cc(ccc2OC)C1=O. The summed E-state index contributed by atoms with van der Waals surface area (Å²) in [7, 11) is 1.54. The Hall–Kier alpha value is -4.90. The van der Waals surface area contributed by atoms with Gasteiger partial charge in [-0.2, -0.15) is 0 Å². The molecule has 6 rings (SSSR count). The van der Waals surface area contributed by atoms with Crippen LogP contribution in [0.4, 0.5) is 0 Å². The number of imidazole rings is 1. The summed E-state index contributed by atoms with van der Waals surface area (Å²) < 4.78 is 20.1. The Morgan fingerprint density at radius 2 is 1.93 bits per heavy atom. The molecule has 0 aliphatic carbocycles. The Morgan fingerprint density at radius 1 is 1.09 bits per heavy atom. The third-order valence-corrected chi connectivity index (χ3v) is 8.51. The van der Waals surface area contributed by atoms with E-state index in [2.05, 4.69) is 10.3 Å². The molecule has 3 amide bonds. The number of amides is 3. The smallest absolute Gasteiger partial charge is 0.254 e. The number of para-hydroxylation sites is 2. The molecule has 240 valence electrons. The van der Waals surface area contributed by atoms with Crippen LogP contribution in [0, 0.1) is 6.92 Å². The average molecular weight is 626 g/mol. The van der Waals surface area contributed by atoms with Crippen LogP contribution in [0.2, 0.25) is 0 Å². The largest absolute Gasteiger partial charge is 0.493 e. The van der Waals surface area contributed by atoms with Gasteiger partial charge in [-0.25, -0.2) is 4.98 Å². The van der Waals surface area contributed by atoms with Gasteiger partial charge in [0.15, 0.2) is 11.5 Å². The number of rotatable bonds is 5. The van der Waals surface area contributed by atoms with Crippen LogP contribution in [0.25, 0.3) is 11.0 Å². The molecule has 2 aliphatic rings. The number of hydrogen-bond donors (Lipinski definition) is 1. The fourth-order valence-corrected chi connectivity index (χ4v) is 6.16. The summed E-state index contributed by atoms with van der Waals surface area (Å²) in [5, 5.41) is 3.12. The number of likely N-dealkylation sites (tertiary alicyclic amines) is 1. The van der Waals surface area contributed by atoms with E-state index in [0.717, 1.165) is 22.4 Å². The molecule has 0 spiro atoms. The molecule has 1 fully saturated rings. The van der Waals surface area contributed by atoms with Gasteiger partial charge in [-0.3, -0.25) is 14.4 Å². The molecule has 2 aliphatic heterocycles. The van der Waals surface area contributed by atoms with Gasteiger partial charge in [-0.1, -0.05) is 31.2 Å². The molecule has 0 unspecified atom stereocenters. The van der Waals surface area contributed by atoms with Gasteiger partial charge in [0.05, 0.1) is 43.4 Å². The minimum absolute atomic E-state index is 0.0445. The number of fused-ring (bicyclic) bond motifs is 6. The minimum Gasteiger partial charge on any atom is -0.493 e. The van der Waals surface area contributed by atoms with Gasteiger partial charge in [0.1, 0.15) is 18.1 Å². The standard InChI is InChI=1S/C35H39N5O6/c1-4-15-39-20-33(41)37-28-14-16-38(34(42)21-40-23(2)36-27-10-5-6-11-29(27)40)19-32(28)45-22-24-8-7-9-26(17-24)46-31-18-25(35(39)43)12-13-30(31)44-3/h5-13,17-18,28,32H,4,14-16,19-22H2,1-3H3,(H,37,41)/t28-,32-/m0/s1. The highest BCUT2D eigenvalue weighted by atomic mass is 16.5. The summed E-state index contributed by atoms with van der Waals surface area (Å²) in [6, 6.07) is 20.0. The Morgan fingerprint density at radius 3 is 2.76 bits per heavy atom. The van der Waals surface area contributed by atoms with Crippen molar-refractivity contribution in [2.75, 3.05) is 33.3 Å². The van der Waals surface area contributed by atoms with Gasteiger partial charge < -0.3 is 33.9 Å². The van der Waals surface area contributed by atoms with Crippen molar-refractivity contribution >= 4 is 28.8 Å². The van der Waals surface area contributed by atoms with Crippen LogP contribution in [0.3, 0.4) is 0 Å². The van der Waals surface area contributed by atoms with Crippen molar-refractivity contribution in [3.8, 4) is 17.2 Å². The molecule has 1 N–H and O–H groups in total. The van der Waals surface area contributed by atoms with Crippen molar-refractivity contribution in [3.63, 3.8) is 0 Å². The predicted octanol–water partition coefficient (Wildman–Crippen LogP) is 4.31. The van der Waals surface area contributed by atoms with E-state index in [1.54, 1.807) is 35.1 Å². The molecule has 0 saturated carbocycles. The third-order valence-electron chi connectivity index (χ3n) is 8.51. The monoisotopic (exact) mass is 625 g/mol. The van der Waals surface area contributed by atoms with Crippen molar-refractivity contribution in [1.29, 1.82) is 0 Å². The number of piperidine rings is 1. The maximum absolute atomic E-state index is 13.6. The minimum atomic E-state index is -0.470. The van der Waals surface area contributed by atoms with E-state index in [4.69, 9.17) is 14.2 Å². The summed E-state index contributed by atoms with van der Waals surface area (Å²) >= 11 is 0. The predicted molar refractivity (Wildman–Crippen MR) is 172 cm³/mol.